The first-order chi connectivity index (χ1) is 11.2. The van der Waals surface area contributed by atoms with Crippen molar-refractivity contribution in [2.75, 3.05) is 19.6 Å². The number of aryl methyl sites for hydroxylation is 1. The van der Waals surface area contributed by atoms with Gasteiger partial charge < -0.3 is 9.42 Å². The van der Waals surface area contributed by atoms with Crippen molar-refractivity contribution < 1.29 is 9.32 Å². The molecule has 2 aliphatic heterocycles. The summed E-state index contributed by atoms with van der Waals surface area (Å²) in [5, 5.41) is 6.88. The van der Waals surface area contributed by atoms with E-state index in [0.717, 1.165) is 24.3 Å². The number of guanidine groups is 1. The van der Waals surface area contributed by atoms with Crippen LogP contribution in [0.15, 0.2) is 45.4 Å². The molecule has 1 aromatic heterocycles. The lowest BCUT2D eigenvalue weighted by molar-refractivity contribution is -0.116. The Balaban J connectivity index is 1.58. The molecule has 1 N–H and O–H groups in total. The fourth-order valence-electron chi connectivity index (χ4n) is 2.71. The van der Waals surface area contributed by atoms with Gasteiger partial charge in [-0.1, -0.05) is 35.0 Å². The van der Waals surface area contributed by atoms with Crippen molar-refractivity contribution in [2.24, 2.45) is 4.99 Å². The molecule has 1 amide bonds. The number of hydrogen-bond donors (Lipinski definition) is 1. The number of hydrogen-bond acceptors (Lipinski definition) is 5. The zero-order valence-electron chi connectivity index (χ0n) is 12.7. The Kier molecular flexibility index (Phi) is 3.22. The van der Waals surface area contributed by atoms with E-state index in [1.54, 1.807) is 6.08 Å². The van der Waals surface area contributed by atoms with Crippen LogP contribution in [0.4, 0.5) is 0 Å². The van der Waals surface area contributed by atoms with Gasteiger partial charge in [-0.15, -0.1) is 0 Å². The van der Waals surface area contributed by atoms with Gasteiger partial charge in [0.05, 0.1) is 13.1 Å². The minimum absolute atomic E-state index is 0.129. The number of aliphatic imine (C=N–C) groups is 1. The molecule has 3 heterocycles. The number of nitrogens with zero attached hydrogens (tertiary/aromatic N) is 3. The van der Waals surface area contributed by atoms with Gasteiger partial charge >= 0.3 is 0 Å². The molecule has 4 rings (SSSR count). The van der Waals surface area contributed by atoms with Crippen molar-refractivity contribution in [2.45, 2.75) is 6.92 Å². The van der Waals surface area contributed by atoms with Crippen LogP contribution in [0.5, 0.6) is 0 Å². The number of aromatic nitrogens is 1. The van der Waals surface area contributed by atoms with Gasteiger partial charge in [0, 0.05) is 23.7 Å². The molecule has 0 bridgehead atoms. The van der Waals surface area contributed by atoms with E-state index in [1.165, 1.54) is 5.56 Å². The van der Waals surface area contributed by atoms with E-state index in [4.69, 9.17) is 4.52 Å². The molecule has 2 aliphatic rings. The van der Waals surface area contributed by atoms with E-state index in [1.807, 2.05) is 42.2 Å². The van der Waals surface area contributed by atoms with Crippen molar-refractivity contribution in [1.82, 2.24) is 15.4 Å². The highest BCUT2D eigenvalue weighted by atomic mass is 16.5. The Labute approximate surface area is 133 Å². The first-order valence-electron chi connectivity index (χ1n) is 7.54. The highest BCUT2D eigenvalue weighted by Crippen LogP contribution is 2.22. The third-order valence-electron chi connectivity index (χ3n) is 4.00. The van der Waals surface area contributed by atoms with Crippen LogP contribution in [-0.2, 0) is 4.79 Å². The van der Waals surface area contributed by atoms with Crippen LogP contribution in [0, 0.1) is 6.92 Å². The second-order valence-corrected chi connectivity index (χ2v) is 5.73. The molecule has 0 unspecified atom stereocenters. The van der Waals surface area contributed by atoms with Gasteiger partial charge in [-0.2, -0.15) is 0 Å². The number of benzene rings is 1. The second-order valence-electron chi connectivity index (χ2n) is 5.73. The Bertz CT molecular complexity index is 817. The third kappa shape index (κ3) is 2.63. The molecule has 116 valence electrons. The predicted molar refractivity (Wildman–Crippen MR) is 86.7 cm³/mol. The average molecular weight is 308 g/mol. The first kappa shape index (κ1) is 13.8. The Hall–Kier alpha value is -2.89. The summed E-state index contributed by atoms with van der Waals surface area (Å²) in [7, 11) is 0. The Morgan fingerprint density at radius 3 is 2.96 bits per heavy atom. The molecule has 0 radical (unpaired) electrons. The van der Waals surface area contributed by atoms with E-state index in [0.29, 0.717) is 23.8 Å². The summed E-state index contributed by atoms with van der Waals surface area (Å²) in [4.78, 5) is 18.4. The molecule has 0 spiro atoms. The maximum atomic E-state index is 12.1. The smallest absolute Gasteiger partial charge is 0.255 e. The SMILES string of the molecule is Cc1ccc(-c2cc(/C=C3/CN4CCN=C4NC3=O)on2)cc1. The number of rotatable bonds is 2. The molecule has 6 heteroatoms. The van der Waals surface area contributed by atoms with Crippen LogP contribution in [0.1, 0.15) is 11.3 Å². The van der Waals surface area contributed by atoms with E-state index in [-0.39, 0.29) is 5.91 Å². The molecule has 6 nitrogen and oxygen atoms in total. The Morgan fingerprint density at radius 2 is 2.13 bits per heavy atom. The molecule has 23 heavy (non-hydrogen) atoms. The normalized spacial score (nSPS) is 18.8. The molecule has 0 aliphatic carbocycles. The highest BCUT2D eigenvalue weighted by Gasteiger charge is 2.28. The molecule has 1 fully saturated rings. The lowest BCUT2D eigenvalue weighted by Crippen LogP contribution is -2.49. The summed E-state index contributed by atoms with van der Waals surface area (Å²) in [6, 6.07) is 9.92. The molecule has 1 saturated heterocycles. The van der Waals surface area contributed by atoms with Crippen molar-refractivity contribution in [3.05, 3.63) is 47.2 Å². The van der Waals surface area contributed by atoms with Gasteiger partial charge in [0.25, 0.3) is 5.91 Å². The number of carbonyl (C=O) groups excluding carboxylic acids is 1. The molecule has 0 saturated carbocycles. The zero-order valence-corrected chi connectivity index (χ0v) is 12.7. The van der Waals surface area contributed by atoms with Crippen LogP contribution >= 0.6 is 0 Å². The second kappa shape index (κ2) is 5.39. The van der Waals surface area contributed by atoms with Crippen molar-refractivity contribution in [3.63, 3.8) is 0 Å². The first-order valence-corrected chi connectivity index (χ1v) is 7.54. The summed E-state index contributed by atoms with van der Waals surface area (Å²) < 4.78 is 5.36. The van der Waals surface area contributed by atoms with Crippen molar-refractivity contribution >= 4 is 17.9 Å². The van der Waals surface area contributed by atoms with Crippen LogP contribution in [-0.4, -0.2) is 41.6 Å². The summed E-state index contributed by atoms with van der Waals surface area (Å²) in [5.74, 6) is 1.12. The van der Waals surface area contributed by atoms with Gasteiger partial charge in [0.2, 0.25) is 5.96 Å². The number of carbonyl (C=O) groups is 1. The molecule has 1 aromatic carbocycles. The fourth-order valence-corrected chi connectivity index (χ4v) is 2.71. The van der Waals surface area contributed by atoms with Gasteiger partial charge in [-0.25, -0.2) is 0 Å². The number of amides is 1. The van der Waals surface area contributed by atoms with E-state index in [2.05, 4.69) is 15.5 Å². The lowest BCUT2D eigenvalue weighted by atomic mass is 10.1. The minimum atomic E-state index is -0.129. The average Bonchev–Trinajstić information content (AvgIpc) is 3.18. The summed E-state index contributed by atoms with van der Waals surface area (Å²) in [5.41, 5.74) is 3.60. The van der Waals surface area contributed by atoms with Crippen LogP contribution < -0.4 is 5.32 Å². The largest absolute Gasteiger partial charge is 0.356 e. The van der Waals surface area contributed by atoms with Crippen LogP contribution in [0.2, 0.25) is 0 Å². The number of fused-ring (bicyclic) bond motifs is 1. The van der Waals surface area contributed by atoms with Crippen LogP contribution in [0.3, 0.4) is 0 Å². The topological polar surface area (TPSA) is 70.7 Å². The van der Waals surface area contributed by atoms with Gasteiger partial charge in [-0.05, 0) is 13.0 Å². The van der Waals surface area contributed by atoms with Gasteiger partial charge in [0.1, 0.15) is 5.69 Å². The maximum absolute atomic E-state index is 12.1. The minimum Gasteiger partial charge on any atom is -0.356 e. The van der Waals surface area contributed by atoms with Crippen molar-refractivity contribution in [3.8, 4) is 11.3 Å². The third-order valence-corrected chi connectivity index (χ3v) is 4.00. The standard InChI is InChI=1S/C17H16N4O2/c1-11-2-4-12(5-3-11)15-9-14(23-20-15)8-13-10-21-7-6-18-17(21)19-16(13)22/h2-5,8-9H,6-7,10H2,1H3,(H,18,19,22)/b13-8-. The number of nitrogens with one attached hydrogen (secondary N) is 1. The highest BCUT2D eigenvalue weighted by molar-refractivity contribution is 6.10. The molecular weight excluding hydrogens is 292 g/mol. The monoisotopic (exact) mass is 308 g/mol. The summed E-state index contributed by atoms with van der Waals surface area (Å²) >= 11 is 0. The zero-order chi connectivity index (χ0) is 15.8. The lowest BCUT2D eigenvalue weighted by Gasteiger charge is -2.26. The molecular formula is C17H16N4O2. The fraction of sp³-hybridized carbons (Fsp3) is 0.235. The van der Waals surface area contributed by atoms with Crippen molar-refractivity contribution in [1.29, 1.82) is 0 Å². The predicted octanol–water partition coefficient (Wildman–Crippen LogP) is 1.83. The Morgan fingerprint density at radius 1 is 1.30 bits per heavy atom. The summed E-state index contributed by atoms with van der Waals surface area (Å²) in [6.07, 6.45) is 1.75. The van der Waals surface area contributed by atoms with Gasteiger partial charge in [-0.3, -0.25) is 15.1 Å². The maximum Gasteiger partial charge on any atom is 0.255 e. The van der Waals surface area contributed by atoms with Gasteiger partial charge in [0.15, 0.2) is 5.76 Å². The van der Waals surface area contributed by atoms with Crippen LogP contribution in [0.25, 0.3) is 17.3 Å². The summed E-state index contributed by atoms with van der Waals surface area (Å²) in [6.45, 7) is 4.14. The van der Waals surface area contributed by atoms with E-state index < -0.39 is 0 Å². The molecule has 0 atom stereocenters. The van der Waals surface area contributed by atoms with E-state index in [9.17, 15) is 4.79 Å². The quantitative estimate of drug-likeness (QED) is 0.859. The van der Waals surface area contributed by atoms with E-state index >= 15 is 0 Å². The molecule has 2 aromatic rings.